The lowest BCUT2D eigenvalue weighted by molar-refractivity contribution is -0.114. The van der Waals surface area contributed by atoms with Gasteiger partial charge in [-0.3, -0.25) is 9.59 Å². The first-order valence-corrected chi connectivity index (χ1v) is 14.6. The molecule has 6 nitrogen and oxygen atoms in total. The normalized spacial score (nSPS) is 19.0. The molecule has 1 fully saturated rings. The first kappa shape index (κ1) is 30.9. The maximum Gasteiger partial charge on any atom is 0.221 e. The smallest absolute Gasteiger partial charge is 0.221 e. The van der Waals surface area contributed by atoms with Gasteiger partial charge in [-0.1, -0.05) is 67.0 Å². The van der Waals surface area contributed by atoms with E-state index in [0.717, 1.165) is 48.5 Å². The van der Waals surface area contributed by atoms with E-state index in [-0.39, 0.29) is 40.7 Å². The first-order chi connectivity index (χ1) is 18.1. The van der Waals surface area contributed by atoms with Crippen LogP contribution in [-0.2, 0) is 22.0 Å². The molecule has 2 aromatic rings. The number of benzene rings is 2. The number of amidine groups is 1. The van der Waals surface area contributed by atoms with Gasteiger partial charge < -0.3 is 15.3 Å². The Labute approximate surface area is 242 Å². The lowest BCUT2D eigenvalue weighted by atomic mass is 9.78. The number of nitrogens with zero attached hydrogens (tertiary/aromatic N) is 2. The Hall–Kier alpha value is -2.67. The Kier molecular flexibility index (Phi) is 9.69. The number of halogens is 1. The molecule has 1 amide bonds. The van der Waals surface area contributed by atoms with Crippen molar-refractivity contribution < 1.29 is 14.7 Å². The van der Waals surface area contributed by atoms with E-state index in [1.807, 2.05) is 36.4 Å². The predicted molar refractivity (Wildman–Crippen MR) is 164 cm³/mol. The molecule has 0 unspecified atom stereocenters. The minimum Gasteiger partial charge on any atom is -0.507 e. The number of Topliss-reactive ketones (excluding diaryl/α,β-unsaturated/α-hetero) is 1. The summed E-state index contributed by atoms with van der Waals surface area (Å²) in [7, 11) is 0. The Balaban J connectivity index is 1.88. The van der Waals surface area contributed by atoms with Crippen molar-refractivity contribution in [1.82, 2.24) is 4.90 Å². The van der Waals surface area contributed by atoms with E-state index in [0.29, 0.717) is 11.5 Å². The largest absolute Gasteiger partial charge is 0.507 e. The van der Waals surface area contributed by atoms with Crippen molar-refractivity contribution >= 4 is 39.4 Å². The third kappa shape index (κ3) is 7.50. The van der Waals surface area contributed by atoms with Crippen LogP contribution in [0.5, 0.6) is 5.75 Å². The molecule has 2 aromatic carbocycles. The lowest BCUT2D eigenvalue weighted by Crippen LogP contribution is -2.33. The fraction of sp³-hybridized carbons (Fsp3) is 0.531. The minimum atomic E-state index is -0.302. The van der Waals surface area contributed by atoms with E-state index < -0.39 is 0 Å². The van der Waals surface area contributed by atoms with Crippen LogP contribution in [0.25, 0.3) is 0 Å². The van der Waals surface area contributed by atoms with Crippen LogP contribution < -0.4 is 5.32 Å². The zero-order valence-electron chi connectivity index (χ0n) is 24.7. The van der Waals surface area contributed by atoms with E-state index in [2.05, 4.69) is 78.8 Å². The molecule has 1 saturated heterocycles. The number of hydrogen-bond donors (Lipinski definition) is 2. The highest BCUT2D eigenvalue weighted by Crippen LogP contribution is 2.40. The van der Waals surface area contributed by atoms with Gasteiger partial charge in [-0.25, -0.2) is 0 Å². The molecule has 0 bridgehead atoms. The number of carbonyl (C=O) groups excluding carboxylic acids is 2. The molecule has 0 saturated carbocycles. The van der Waals surface area contributed by atoms with Gasteiger partial charge in [0.15, 0.2) is 5.78 Å². The highest BCUT2D eigenvalue weighted by molar-refractivity contribution is 9.08. The lowest BCUT2D eigenvalue weighted by Gasteiger charge is -2.28. The van der Waals surface area contributed by atoms with E-state index in [1.165, 1.54) is 12.5 Å². The number of phenolic OH excluding ortho intramolecular Hbond substituents is 1. The number of phenols is 1. The maximum atomic E-state index is 13.8. The zero-order valence-corrected chi connectivity index (χ0v) is 26.3. The van der Waals surface area contributed by atoms with Crippen molar-refractivity contribution in [2.75, 3.05) is 18.4 Å². The van der Waals surface area contributed by atoms with Crippen molar-refractivity contribution in [1.29, 1.82) is 0 Å². The monoisotopic (exact) mass is 597 g/mol. The molecule has 3 rings (SSSR count). The summed E-state index contributed by atoms with van der Waals surface area (Å²) < 4.78 is 4.52. The molecule has 39 heavy (non-hydrogen) atoms. The highest BCUT2D eigenvalue weighted by Gasteiger charge is 2.39. The van der Waals surface area contributed by atoms with Gasteiger partial charge >= 0.3 is 0 Å². The van der Waals surface area contributed by atoms with E-state index in [1.54, 1.807) is 0 Å². The SMILES string of the molecule is CCC[C@H]1CN(CC(=O)c2cc(C(C)(C)C)c(O)c(C(C)(C)C)c2)/C(=N\Br)[C@@H]1Cc1ccc(NC(C)=O)cc1. The van der Waals surface area contributed by atoms with Crippen molar-refractivity contribution in [2.24, 2.45) is 15.9 Å². The summed E-state index contributed by atoms with van der Waals surface area (Å²) in [5.74, 6) is 1.67. The van der Waals surface area contributed by atoms with Crippen LogP contribution in [-0.4, -0.2) is 40.6 Å². The fourth-order valence-electron chi connectivity index (χ4n) is 5.52. The van der Waals surface area contributed by atoms with Crippen LogP contribution >= 0.6 is 16.1 Å². The topological polar surface area (TPSA) is 82.0 Å². The van der Waals surface area contributed by atoms with E-state index in [4.69, 9.17) is 0 Å². The number of hydrogen-bond acceptors (Lipinski definition) is 4. The molecule has 0 radical (unpaired) electrons. The van der Waals surface area contributed by atoms with Gasteiger partial charge in [0.05, 0.1) is 22.7 Å². The van der Waals surface area contributed by atoms with Gasteiger partial charge in [-0.2, -0.15) is 4.02 Å². The molecule has 212 valence electrons. The number of carbonyl (C=O) groups is 2. The Morgan fingerprint density at radius 2 is 1.62 bits per heavy atom. The van der Waals surface area contributed by atoms with E-state index >= 15 is 0 Å². The first-order valence-electron chi connectivity index (χ1n) is 13.9. The van der Waals surface area contributed by atoms with Crippen molar-refractivity contribution in [3.05, 3.63) is 58.7 Å². The zero-order chi connectivity index (χ0) is 29.1. The van der Waals surface area contributed by atoms with Gasteiger partial charge in [0.1, 0.15) is 11.6 Å². The third-order valence-corrected chi connectivity index (χ3v) is 7.90. The summed E-state index contributed by atoms with van der Waals surface area (Å²) in [6.07, 6.45) is 2.91. The van der Waals surface area contributed by atoms with Crippen molar-refractivity contribution in [2.45, 2.75) is 85.5 Å². The number of aromatic hydroxyl groups is 1. The second kappa shape index (κ2) is 12.2. The average Bonchev–Trinajstić information content (AvgIpc) is 3.14. The average molecular weight is 599 g/mol. The van der Waals surface area contributed by atoms with Crippen LogP contribution in [0, 0.1) is 11.8 Å². The minimum absolute atomic E-state index is 0.0233. The van der Waals surface area contributed by atoms with Crippen molar-refractivity contribution in [3.8, 4) is 5.75 Å². The van der Waals surface area contributed by atoms with Gasteiger partial charge in [0.2, 0.25) is 5.91 Å². The molecule has 7 heteroatoms. The van der Waals surface area contributed by atoms with Gasteiger partial charge in [-0.15, -0.1) is 0 Å². The molecule has 1 heterocycles. The van der Waals surface area contributed by atoms with Crippen LogP contribution in [0.1, 0.15) is 95.3 Å². The molecule has 0 spiro atoms. The standard InChI is InChI=1S/C32H44BrN3O3/c1-9-10-22-18-36(30(35-33)25(22)15-21-11-13-24(14-12-21)34-20(2)37)19-28(38)23-16-26(31(3,4)5)29(39)27(17-23)32(6,7)8/h11-14,16-17,22,25,39H,9-10,15,18-19H2,1-8H3,(H,34,37)/b35-30-/t22-,25+/m0/s1. The summed E-state index contributed by atoms with van der Waals surface area (Å²) in [5, 5.41) is 13.9. The summed E-state index contributed by atoms with van der Waals surface area (Å²) >= 11 is 3.37. The van der Waals surface area contributed by atoms with Crippen LogP contribution in [0.2, 0.25) is 0 Å². The van der Waals surface area contributed by atoms with Gasteiger partial charge in [-0.05, 0) is 59.4 Å². The molecular weight excluding hydrogens is 554 g/mol. The van der Waals surface area contributed by atoms with Gasteiger partial charge in [0.25, 0.3) is 0 Å². The summed E-state index contributed by atoms with van der Waals surface area (Å²) in [4.78, 5) is 27.3. The third-order valence-electron chi connectivity index (χ3n) is 7.54. The van der Waals surface area contributed by atoms with Crippen LogP contribution in [0.3, 0.4) is 0 Å². The summed E-state index contributed by atoms with van der Waals surface area (Å²) in [6.45, 7) is 17.0. The Morgan fingerprint density at radius 3 is 2.08 bits per heavy atom. The molecule has 1 aliphatic rings. The second-order valence-corrected chi connectivity index (χ2v) is 13.3. The quantitative estimate of drug-likeness (QED) is 0.310. The Morgan fingerprint density at radius 1 is 1.05 bits per heavy atom. The molecule has 0 aliphatic carbocycles. The maximum absolute atomic E-state index is 13.8. The molecule has 2 atom stereocenters. The van der Waals surface area contributed by atoms with Crippen LogP contribution in [0.15, 0.2) is 40.4 Å². The highest BCUT2D eigenvalue weighted by atomic mass is 79.9. The number of rotatable bonds is 8. The molecule has 0 aromatic heterocycles. The predicted octanol–water partition coefficient (Wildman–Crippen LogP) is 7.43. The molecular formula is C32H44BrN3O3. The molecule has 2 N–H and O–H groups in total. The number of anilines is 1. The van der Waals surface area contributed by atoms with Gasteiger partial charge in [0, 0.05) is 41.8 Å². The number of likely N-dealkylation sites (tertiary alicyclic amines) is 1. The fourth-order valence-corrected chi connectivity index (χ4v) is 6.00. The Bertz CT molecular complexity index is 1190. The second-order valence-electron chi connectivity index (χ2n) is 12.9. The van der Waals surface area contributed by atoms with Crippen molar-refractivity contribution in [3.63, 3.8) is 0 Å². The number of ketones is 1. The van der Waals surface area contributed by atoms with E-state index in [9.17, 15) is 14.7 Å². The molecule has 1 aliphatic heterocycles. The van der Waals surface area contributed by atoms with Crippen LogP contribution in [0.4, 0.5) is 5.69 Å². The summed E-state index contributed by atoms with van der Waals surface area (Å²) in [5.41, 5.74) is 3.55. The number of nitrogens with one attached hydrogen (secondary N) is 1. The summed E-state index contributed by atoms with van der Waals surface area (Å²) in [6, 6.07) is 11.7. The number of amides is 1.